The minimum Gasteiger partial charge on any atom is -0.306 e. The number of nitrogens with zero attached hydrogens (tertiary/aromatic N) is 2. The van der Waals surface area contributed by atoms with Crippen LogP contribution in [-0.2, 0) is 9.07 Å². The molecule has 3 aliphatic heterocycles. The van der Waals surface area contributed by atoms with E-state index >= 15 is 4.21 Å². The van der Waals surface area contributed by atoms with Crippen LogP contribution in [0.4, 0.5) is 34.1 Å². The van der Waals surface area contributed by atoms with Crippen molar-refractivity contribution in [2.45, 2.75) is 19.6 Å². The first kappa shape index (κ1) is 29.3. The van der Waals surface area contributed by atoms with Crippen molar-refractivity contribution < 1.29 is 4.21 Å². The third kappa shape index (κ3) is 3.57. The average molecular weight is 685 g/mol. The Hall–Kier alpha value is -6.49. The maximum absolute atomic E-state index is 17.1. The van der Waals surface area contributed by atoms with Gasteiger partial charge < -0.3 is 9.80 Å². The quantitative estimate of drug-likeness (QED) is 0.185. The molecule has 3 aliphatic rings. The molecule has 4 heteroatoms. The third-order valence-electron chi connectivity index (χ3n) is 11.1. The smallest absolute Gasteiger partial charge is 0.0703 e. The summed E-state index contributed by atoms with van der Waals surface area (Å²) in [5, 5.41) is 0. The lowest BCUT2D eigenvalue weighted by Crippen LogP contribution is -2.30. The van der Waals surface area contributed by atoms with E-state index in [0.717, 1.165) is 87.1 Å². The molecule has 52 heavy (non-hydrogen) atoms. The van der Waals surface area contributed by atoms with E-state index in [-0.39, 0.29) is 0 Å². The predicted molar refractivity (Wildman–Crippen MR) is 213 cm³/mol. The molecule has 0 bridgehead atoms. The van der Waals surface area contributed by atoms with Gasteiger partial charge in [0.25, 0.3) is 0 Å². The number of anilines is 6. The monoisotopic (exact) mass is 684 g/mol. The van der Waals surface area contributed by atoms with Gasteiger partial charge in [-0.3, -0.25) is 4.21 Å². The first-order valence-electron chi connectivity index (χ1n) is 17.7. The summed E-state index contributed by atoms with van der Waals surface area (Å²) in [5.41, 5.74) is 12.8. The Morgan fingerprint density at radius 2 is 0.692 bits per heavy atom. The van der Waals surface area contributed by atoms with Gasteiger partial charge in [-0.25, -0.2) is 0 Å². The van der Waals surface area contributed by atoms with E-state index in [1.165, 1.54) is 0 Å². The van der Waals surface area contributed by atoms with Crippen LogP contribution in [0.1, 0.15) is 0 Å². The van der Waals surface area contributed by atoms with E-state index in [1.807, 2.05) is 18.2 Å². The van der Waals surface area contributed by atoms with Crippen molar-refractivity contribution in [1.82, 2.24) is 0 Å². The van der Waals surface area contributed by atoms with Gasteiger partial charge >= 0.3 is 0 Å². The van der Waals surface area contributed by atoms with Crippen LogP contribution in [0.15, 0.2) is 214 Å². The molecule has 0 saturated carbocycles. The van der Waals surface area contributed by atoms with Gasteiger partial charge in [0, 0.05) is 39.9 Å². The first-order valence-corrected chi connectivity index (χ1v) is 19.7. The van der Waals surface area contributed by atoms with Crippen molar-refractivity contribution in [3.05, 3.63) is 194 Å². The number of benzene rings is 8. The second-order valence-corrected chi connectivity index (χ2v) is 17.3. The number of hydrogen-bond acceptors (Lipinski definition) is 3. The summed E-state index contributed by atoms with van der Waals surface area (Å²) in [6.07, 6.45) is 0. The Morgan fingerprint density at radius 3 is 1.21 bits per heavy atom. The summed E-state index contributed by atoms with van der Waals surface area (Å²) >= 11 is 0. The zero-order chi connectivity index (χ0) is 34.5. The Kier molecular flexibility index (Phi) is 5.92. The lowest BCUT2D eigenvalue weighted by Gasteiger charge is -2.41. The van der Waals surface area contributed by atoms with Crippen molar-refractivity contribution in [1.29, 1.82) is 0 Å². The van der Waals surface area contributed by atoms with Crippen LogP contribution in [0.3, 0.4) is 0 Å². The number of hydrogen-bond donors (Lipinski definition) is 0. The number of fused-ring (bicyclic) bond motifs is 12. The standard InChI is InChI=1S/C48H32N2OS/c51-52(45-27-13-5-19-36(45)37-20-6-14-28-46(37)52)47-29-15-7-21-38(47)39-31-30-33(32-48(39)52)35-18-4-8-22-40(35)50-43-25-11-9-23-41(43)49(34-16-2-1-3-17-34)42-24-10-12-26-44(42)50/h1-32H. The molecule has 0 fully saturated rings. The molecule has 11 rings (SSSR count). The highest BCUT2D eigenvalue weighted by Gasteiger charge is 2.57. The molecule has 0 atom stereocenters. The van der Waals surface area contributed by atoms with E-state index in [4.69, 9.17) is 0 Å². The van der Waals surface area contributed by atoms with E-state index in [2.05, 4.69) is 186 Å². The fourth-order valence-electron chi connectivity index (χ4n) is 9.00. The molecular formula is C48H32N2OS. The minimum atomic E-state index is -3.97. The van der Waals surface area contributed by atoms with Crippen LogP contribution in [0, 0.1) is 0 Å². The average Bonchev–Trinajstić information content (AvgIpc) is 3.60. The molecule has 8 aromatic rings. The summed E-state index contributed by atoms with van der Waals surface area (Å²) in [6, 6.07) is 68.1. The first-order chi connectivity index (χ1) is 25.7. The highest BCUT2D eigenvalue weighted by molar-refractivity contribution is 8.21. The third-order valence-corrected chi connectivity index (χ3v) is 15.9. The van der Waals surface area contributed by atoms with Crippen molar-refractivity contribution >= 4 is 43.2 Å². The largest absolute Gasteiger partial charge is 0.306 e. The van der Waals surface area contributed by atoms with Gasteiger partial charge in [0.05, 0.1) is 28.4 Å². The van der Waals surface area contributed by atoms with Gasteiger partial charge in [-0.2, -0.15) is 0 Å². The summed E-state index contributed by atoms with van der Waals surface area (Å²) in [7, 11) is -3.97. The van der Waals surface area contributed by atoms with E-state index in [1.54, 1.807) is 0 Å². The molecule has 0 unspecified atom stereocenters. The van der Waals surface area contributed by atoms with Crippen LogP contribution in [0.5, 0.6) is 0 Å². The van der Waals surface area contributed by atoms with E-state index in [9.17, 15) is 0 Å². The normalized spacial score (nSPS) is 15.7. The molecule has 0 aliphatic carbocycles. The SMILES string of the molecule is O=S12(c3ccccc3-c3ccccc31)c1ccccc1-c1ccc(-c3ccccc3N3c4ccccc4N(c4ccccc4)c4ccccc43)cc12. The van der Waals surface area contributed by atoms with Crippen molar-refractivity contribution in [2.24, 2.45) is 0 Å². The zero-order valence-corrected chi connectivity index (χ0v) is 29.0. The highest BCUT2D eigenvalue weighted by atomic mass is 32.3. The fourth-order valence-corrected chi connectivity index (χ4v) is 14.2. The molecule has 0 N–H and O–H groups in total. The van der Waals surface area contributed by atoms with E-state index in [0.29, 0.717) is 0 Å². The van der Waals surface area contributed by atoms with Crippen LogP contribution < -0.4 is 9.80 Å². The van der Waals surface area contributed by atoms with Gasteiger partial charge in [-0.15, -0.1) is 0 Å². The molecule has 1 spiro atoms. The topological polar surface area (TPSA) is 23.6 Å². The second-order valence-electron chi connectivity index (χ2n) is 13.6. The van der Waals surface area contributed by atoms with Crippen LogP contribution in [-0.4, -0.2) is 4.21 Å². The van der Waals surface area contributed by atoms with E-state index < -0.39 is 9.07 Å². The number of para-hydroxylation sites is 6. The Bertz CT molecular complexity index is 2720. The molecule has 0 saturated heterocycles. The maximum atomic E-state index is 17.1. The minimum absolute atomic E-state index is 0.887. The summed E-state index contributed by atoms with van der Waals surface area (Å²) < 4.78 is 17.1. The molecule has 0 radical (unpaired) electrons. The molecule has 3 heterocycles. The van der Waals surface area contributed by atoms with Gasteiger partial charge in [0.1, 0.15) is 0 Å². The van der Waals surface area contributed by atoms with Gasteiger partial charge in [0.2, 0.25) is 0 Å². The molecule has 246 valence electrons. The predicted octanol–water partition coefficient (Wildman–Crippen LogP) is 12.9. The maximum Gasteiger partial charge on any atom is 0.0703 e. The Labute approximate surface area is 303 Å². The summed E-state index contributed by atoms with van der Waals surface area (Å²) in [6.45, 7) is 0. The fraction of sp³-hybridized carbons (Fsp3) is 0. The molecule has 8 aromatic carbocycles. The van der Waals surface area contributed by atoms with Crippen LogP contribution in [0.25, 0.3) is 33.4 Å². The molecule has 0 aromatic heterocycles. The number of rotatable bonds is 3. The summed E-state index contributed by atoms with van der Waals surface area (Å²) in [5.74, 6) is 0. The molecule has 3 nitrogen and oxygen atoms in total. The van der Waals surface area contributed by atoms with Gasteiger partial charge in [-0.1, -0.05) is 127 Å². The lowest BCUT2D eigenvalue weighted by molar-refractivity contribution is 0.658. The van der Waals surface area contributed by atoms with Gasteiger partial charge in [0.15, 0.2) is 0 Å². The molecular weight excluding hydrogens is 653 g/mol. The van der Waals surface area contributed by atoms with Gasteiger partial charge in [-0.05, 0) is 94.5 Å². The van der Waals surface area contributed by atoms with Crippen molar-refractivity contribution in [2.75, 3.05) is 9.80 Å². The molecule has 0 amide bonds. The second kappa shape index (κ2) is 10.5. The Balaban J connectivity index is 1.17. The van der Waals surface area contributed by atoms with Crippen LogP contribution in [0.2, 0.25) is 0 Å². The Morgan fingerprint density at radius 1 is 0.308 bits per heavy atom. The lowest BCUT2D eigenvalue weighted by atomic mass is 9.97. The van der Waals surface area contributed by atoms with Crippen LogP contribution >= 0.6 is 0 Å². The highest BCUT2D eigenvalue weighted by Crippen LogP contribution is 2.71. The van der Waals surface area contributed by atoms with Crippen molar-refractivity contribution in [3.8, 4) is 33.4 Å². The summed E-state index contributed by atoms with van der Waals surface area (Å²) in [4.78, 5) is 8.32. The van der Waals surface area contributed by atoms with Crippen molar-refractivity contribution in [3.63, 3.8) is 0 Å². The zero-order valence-electron chi connectivity index (χ0n) is 28.2.